The Labute approximate surface area is 96.5 Å². The van der Waals surface area contributed by atoms with E-state index in [1.54, 1.807) is 0 Å². The highest BCUT2D eigenvalue weighted by Crippen LogP contribution is 2.25. The maximum Gasteiger partial charge on any atom is 0.410 e. The maximum atomic E-state index is 11.9. The number of rotatable bonds is 0. The van der Waals surface area contributed by atoms with Crippen molar-refractivity contribution in [1.29, 1.82) is 0 Å². The van der Waals surface area contributed by atoms with Crippen molar-refractivity contribution >= 4 is 17.9 Å². The van der Waals surface area contributed by atoms with Gasteiger partial charge in [-0.05, 0) is 27.7 Å². The topological polar surface area (TPSA) is 29.5 Å². The van der Waals surface area contributed by atoms with Crippen LogP contribution in [0.15, 0.2) is 0 Å². The van der Waals surface area contributed by atoms with E-state index >= 15 is 0 Å². The van der Waals surface area contributed by atoms with E-state index in [9.17, 15) is 4.79 Å². The predicted molar refractivity (Wildman–Crippen MR) is 64.3 cm³/mol. The third kappa shape index (κ3) is 3.59. The molecule has 0 saturated carbocycles. The summed E-state index contributed by atoms with van der Waals surface area (Å²) in [5.41, 5.74) is -0.398. The first-order chi connectivity index (χ1) is 6.81. The second-order valence-corrected chi connectivity index (χ2v) is 6.48. The molecule has 1 saturated heterocycles. The number of carbonyl (C=O) groups excluding carboxylic acids is 1. The Bertz CT molecular complexity index is 237. The van der Waals surface area contributed by atoms with Crippen molar-refractivity contribution in [3.63, 3.8) is 0 Å². The van der Waals surface area contributed by atoms with Crippen LogP contribution in [-0.4, -0.2) is 40.2 Å². The van der Waals surface area contributed by atoms with Crippen molar-refractivity contribution in [3.05, 3.63) is 0 Å². The van der Waals surface area contributed by atoms with Gasteiger partial charge in [0.2, 0.25) is 0 Å². The van der Waals surface area contributed by atoms with E-state index in [1.807, 2.05) is 37.4 Å². The fourth-order valence-electron chi connectivity index (χ4n) is 1.51. The van der Waals surface area contributed by atoms with Crippen LogP contribution in [0.2, 0.25) is 0 Å². The van der Waals surface area contributed by atoms with Crippen LogP contribution in [0, 0.1) is 0 Å². The molecule has 0 aromatic carbocycles. The van der Waals surface area contributed by atoms with E-state index in [-0.39, 0.29) is 12.1 Å². The molecular formula is C11H21NO2S. The molecule has 1 aliphatic rings. The van der Waals surface area contributed by atoms with E-state index in [2.05, 4.69) is 13.8 Å². The lowest BCUT2D eigenvalue weighted by Crippen LogP contribution is -2.49. The summed E-state index contributed by atoms with van der Waals surface area (Å²) in [5, 5.41) is 0.492. The molecule has 2 atom stereocenters. The molecule has 0 aromatic rings. The minimum atomic E-state index is -0.398. The summed E-state index contributed by atoms with van der Waals surface area (Å²) in [4.78, 5) is 13.7. The molecule has 2 unspecified atom stereocenters. The normalized spacial score (nSPS) is 27.7. The zero-order valence-corrected chi connectivity index (χ0v) is 11.1. The second-order valence-electron chi connectivity index (χ2n) is 4.99. The SMILES string of the molecule is CC1SCCN(C(=O)OC(C)(C)C)C1C. The number of ether oxygens (including phenoxy) is 1. The summed E-state index contributed by atoms with van der Waals surface area (Å²) in [6, 6.07) is 0.263. The Morgan fingerprint density at radius 3 is 2.53 bits per heavy atom. The van der Waals surface area contributed by atoms with Crippen LogP contribution in [0.25, 0.3) is 0 Å². The minimum Gasteiger partial charge on any atom is -0.444 e. The molecule has 1 amide bonds. The van der Waals surface area contributed by atoms with Gasteiger partial charge < -0.3 is 9.64 Å². The minimum absolute atomic E-state index is 0.179. The number of hydrogen-bond donors (Lipinski definition) is 0. The van der Waals surface area contributed by atoms with Gasteiger partial charge in [-0.25, -0.2) is 4.79 Å². The molecule has 0 radical (unpaired) electrons. The van der Waals surface area contributed by atoms with Crippen molar-refractivity contribution in [3.8, 4) is 0 Å². The van der Waals surface area contributed by atoms with Crippen molar-refractivity contribution < 1.29 is 9.53 Å². The average Bonchev–Trinajstić information content (AvgIpc) is 2.06. The Balaban J connectivity index is 2.59. The van der Waals surface area contributed by atoms with Crippen molar-refractivity contribution in [1.82, 2.24) is 4.90 Å². The monoisotopic (exact) mass is 231 g/mol. The van der Waals surface area contributed by atoms with Gasteiger partial charge in [0.05, 0.1) is 0 Å². The number of amides is 1. The van der Waals surface area contributed by atoms with E-state index in [4.69, 9.17) is 4.74 Å². The number of hydrogen-bond acceptors (Lipinski definition) is 3. The van der Waals surface area contributed by atoms with E-state index in [0.29, 0.717) is 5.25 Å². The molecule has 1 rings (SSSR count). The highest BCUT2D eigenvalue weighted by Gasteiger charge is 2.31. The van der Waals surface area contributed by atoms with Gasteiger partial charge in [0, 0.05) is 23.6 Å². The molecule has 3 nitrogen and oxygen atoms in total. The number of thioether (sulfide) groups is 1. The molecule has 1 heterocycles. The Morgan fingerprint density at radius 2 is 2.00 bits per heavy atom. The predicted octanol–water partition coefficient (Wildman–Crippen LogP) is 2.75. The van der Waals surface area contributed by atoms with Crippen LogP contribution in [-0.2, 0) is 4.74 Å². The van der Waals surface area contributed by atoms with Crippen molar-refractivity contribution in [2.75, 3.05) is 12.3 Å². The van der Waals surface area contributed by atoms with Gasteiger partial charge in [-0.3, -0.25) is 0 Å². The standard InChI is InChI=1S/C11H21NO2S/c1-8-9(2)15-7-6-12(8)10(13)14-11(3,4)5/h8-9H,6-7H2,1-5H3. The first-order valence-corrected chi connectivity index (χ1v) is 6.47. The molecule has 88 valence electrons. The first-order valence-electron chi connectivity index (χ1n) is 5.42. The quantitative estimate of drug-likeness (QED) is 0.642. The van der Waals surface area contributed by atoms with Gasteiger partial charge in [-0.2, -0.15) is 11.8 Å². The maximum absolute atomic E-state index is 11.9. The summed E-state index contributed by atoms with van der Waals surface area (Å²) < 4.78 is 5.37. The number of carbonyl (C=O) groups is 1. The smallest absolute Gasteiger partial charge is 0.410 e. The van der Waals surface area contributed by atoms with Crippen LogP contribution in [0.3, 0.4) is 0 Å². The summed E-state index contributed by atoms with van der Waals surface area (Å²) >= 11 is 1.92. The van der Waals surface area contributed by atoms with Gasteiger partial charge in [0.1, 0.15) is 5.60 Å². The first kappa shape index (κ1) is 12.7. The van der Waals surface area contributed by atoms with Gasteiger partial charge >= 0.3 is 6.09 Å². The molecule has 0 aliphatic carbocycles. The summed E-state index contributed by atoms with van der Waals surface area (Å²) in [6.07, 6.45) is -0.179. The Hall–Kier alpha value is -0.380. The van der Waals surface area contributed by atoms with Crippen LogP contribution in [0.4, 0.5) is 4.79 Å². The van der Waals surface area contributed by atoms with Crippen LogP contribution in [0.1, 0.15) is 34.6 Å². The molecule has 0 spiro atoms. The Morgan fingerprint density at radius 1 is 1.40 bits per heavy atom. The largest absolute Gasteiger partial charge is 0.444 e. The molecule has 15 heavy (non-hydrogen) atoms. The van der Waals surface area contributed by atoms with Crippen LogP contribution < -0.4 is 0 Å². The molecular weight excluding hydrogens is 210 g/mol. The summed E-state index contributed by atoms with van der Waals surface area (Å²) in [7, 11) is 0. The number of nitrogens with zero attached hydrogens (tertiary/aromatic N) is 1. The Kier molecular flexibility index (Phi) is 3.93. The summed E-state index contributed by atoms with van der Waals surface area (Å²) in [5.74, 6) is 1.00. The van der Waals surface area contributed by atoms with Gasteiger partial charge in [0.25, 0.3) is 0 Å². The fourth-order valence-corrected chi connectivity index (χ4v) is 2.61. The summed E-state index contributed by atoms with van der Waals surface area (Å²) in [6.45, 7) is 10.7. The highest BCUT2D eigenvalue weighted by atomic mass is 32.2. The lowest BCUT2D eigenvalue weighted by molar-refractivity contribution is 0.0183. The molecule has 1 aliphatic heterocycles. The zero-order chi connectivity index (χ0) is 11.6. The van der Waals surface area contributed by atoms with Gasteiger partial charge in [-0.15, -0.1) is 0 Å². The van der Waals surface area contributed by atoms with Crippen molar-refractivity contribution in [2.45, 2.75) is 51.5 Å². The fraction of sp³-hybridized carbons (Fsp3) is 0.909. The molecule has 0 bridgehead atoms. The molecule has 0 aromatic heterocycles. The lowest BCUT2D eigenvalue weighted by Gasteiger charge is -2.38. The van der Waals surface area contributed by atoms with Crippen LogP contribution >= 0.6 is 11.8 Å². The van der Waals surface area contributed by atoms with E-state index in [1.165, 1.54) is 0 Å². The zero-order valence-electron chi connectivity index (χ0n) is 10.2. The molecule has 0 N–H and O–H groups in total. The average molecular weight is 231 g/mol. The van der Waals surface area contributed by atoms with Gasteiger partial charge in [0.15, 0.2) is 0 Å². The van der Waals surface area contributed by atoms with E-state index in [0.717, 1.165) is 12.3 Å². The second kappa shape index (κ2) is 4.64. The van der Waals surface area contributed by atoms with Gasteiger partial charge in [-0.1, -0.05) is 6.92 Å². The highest BCUT2D eigenvalue weighted by molar-refractivity contribution is 8.00. The third-order valence-corrected chi connectivity index (χ3v) is 3.85. The van der Waals surface area contributed by atoms with Crippen molar-refractivity contribution in [2.24, 2.45) is 0 Å². The third-order valence-electron chi connectivity index (χ3n) is 2.51. The van der Waals surface area contributed by atoms with E-state index < -0.39 is 5.60 Å². The molecule has 1 fully saturated rings. The lowest BCUT2D eigenvalue weighted by atomic mass is 10.2. The van der Waals surface area contributed by atoms with Crippen LogP contribution in [0.5, 0.6) is 0 Å². The molecule has 4 heteroatoms.